The Hall–Kier alpha value is -2.28. The fourth-order valence-electron chi connectivity index (χ4n) is 5.83. The second kappa shape index (κ2) is 5.36. The lowest BCUT2D eigenvalue weighted by molar-refractivity contribution is -0.199. The van der Waals surface area contributed by atoms with Crippen molar-refractivity contribution in [1.29, 1.82) is 0 Å². The Bertz CT molecular complexity index is 939. The first kappa shape index (κ1) is 15.9. The molecule has 0 aliphatic heterocycles. The molecule has 4 aliphatic rings. The second-order valence-electron chi connectivity index (χ2n) is 8.44. The van der Waals surface area contributed by atoms with Crippen LogP contribution in [0.15, 0.2) is 29.1 Å². The second-order valence-corrected chi connectivity index (χ2v) is 8.44. The lowest BCUT2D eigenvalue weighted by Crippen LogP contribution is -2.58. The minimum absolute atomic E-state index is 0.245. The van der Waals surface area contributed by atoms with E-state index in [2.05, 4.69) is 10.3 Å². The molecule has 6 rings (SSSR count). The predicted octanol–water partition coefficient (Wildman–Crippen LogP) is 1.62. The monoisotopic (exact) mass is 355 g/mol. The summed E-state index contributed by atoms with van der Waals surface area (Å²) >= 11 is 0. The van der Waals surface area contributed by atoms with Gasteiger partial charge in [-0.1, -0.05) is 17.3 Å². The number of hydrogen-bond acceptors (Lipinski definition) is 6. The van der Waals surface area contributed by atoms with Gasteiger partial charge in [-0.05, 0) is 62.5 Å². The standard InChI is InChI=1S/C19H21N3O4/c23-16-14-3-1-2-4-15(14)20-21-22(16)11-26-17(24)18-6-12-5-13(7-18)9-19(25,8-12)10-18/h1-4,12-13,25H,5-11H2/t12-,13+,18?,19?. The highest BCUT2D eigenvalue weighted by Crippen LogP contribution is 2.61. The van der Waals surface area contributed by atoms with E-state index in [1.54, 1.807) is 24.3 Å². The Labute approximate surface area is 150 Å². The Kier molecular flexibility index (Phi) is 3.28. The van der Waals surface area contributed by atoms with Crippen LogP contribution in [0.5, 0.6) is 0 Å². The van der Waals surface area contributed by atoms with E-state index < -0.39 is 11.0 Å². The van der Waals surface area contributed by atoms with E-state index in [0.717, 1.165) is 36.8 Å². The topological polar surface area (TPSA) is 94.3 Å². The molecule has 4 aliphatic carbocycles. The first-order chi connectivity index (χ1) is 12.5. The van der Waals surface area contributed by atoms with Gasteiger partial charge in [0.2, 0.25) is 0 Å². The molecule has 7 nitrogen and oxygen atoms in total. The fraction of sp³-hybridized carbons (Fsp3) is 0.579. The Balaban J connectivity index is 1.37. The summed E-state index contributed by atoms with van der Waals surface area (Å²) in [6.45, 7) is -0.245. The molecule has 0 spiro atoms. The number of aromatic nitrogens is 3. The van der Waals surface area contributed by atoms with Gasteiger partial charge in [-0.25, -0.2) is 0 Å². The van der Waals surface area contributed by atoms with E-state index in [4.69, 9.17) is 4.74 Å². The quantitative estimate of drug-likeness (QED) is 0.841. The van der Waals surface area contributed by atoms with Gasteiger partial charge in [0.05, 0.1) is 16.4 Å². The Morgan fingerprint density at radius 3 is 2.69 bits per heavy atom. The molecule has 0 saturated heterocycles. The van der Waals surface area contributed by atoms with Gasteiger partial charge in [0.15, 0.2) is 6.73 Å². The summed E-state index contributed by atoms with van der Waals surface area (Å²) < 4.78 is 6.58. The molecule has 0 radical (unpaired) electrons. The number of ether oxygens (including phenoxy) is 1. The van der Waals surface area contributed by atoms with E-state index in [0.29, 0.717) is 29.2 Å². The molecule has 1 N–H and O–H groups in total. The Morgan fingerprint density at radius 1 is 1.23 bits per heavy atom. The number of carbonyl (C=O) groups excluding carboxylic acids is 1. The van der Waals surface area contributed by atoms with Gasteiger partial charge in [-0.2, -0.15) is 4.68 Å². The molecular weight excluding hydrogens is 334 g/mol. The molecule has 136 valence electrons. The maximum absolute atomic E-state index is 12.9. The maximum atomic E-state index is 12.9. The minimum atomic E-state index is -0.720. The van der Waals surface area contributed by atoms with Crippen molar-refractivity contribution in [3.8, 4) is 0 Å². The van der Waals surface area contributed by atoms with Gasteiger partial charge in [0.1, 0.15) is 5.52 Å². The molecule has 7 heteroatoms. The summed E-state index contributed by atoms with van der Waals surface area (Å²) in [6.07, 6.45) is 4.74. The van der Waals surface area contributed by atoms with Crippen molar-refractivity contribution in [2.75, 3.05) is 0 Å². The summed E-state index contributed by atoms with van der Waals surface area (Å²) in [7, 11) is 0. The highest BCUT2D eigenvalue weighted by molar-refractivity contribution is 5.78. The van der Waals surface area contributed by atoms with Crippen molar-refractivity contribution in [2.45, 2.75) is 50.9 Å². The first-order valence-electron chi connectivity index (χ1n) is 9.19. The number of carbonyl (C=O) groups is 1. The van der Waals surface area contributed by atoms with Crippen molar-refractivity contribution in [3.63, 3.8) is 0 Å². The third-order valence-electron chi connectivity index (χ3n) is 6.41. The summed E-state index contributed by atoms with van der Waals surface area (Å²) in [5, 5.41) is 19.1. The highest BCUT2D eigenvalue weighted by Gasteiger charge is 2.60. The average Bonchev–Trinajstić information content (AvgIpc) is 2.59. The van der Waals surface area contributed by atoms with Crippen LogP contribution in [0.3, 0.4) is 0 Å². The molecule has 1 aromatic carbocycles. The molecule has 1 heterocycles. The average molecular weight is 355 g/mol. The van der Waals surface area contributed by atoms with E-state index in [-0.39, 0.29) is 18.3 Å². The van der Waals surface area contributed by atoms with Gasteiger partial charge in [0.25, 0.3) is 5.56 Å². The largest absolute Gasteiger partial charge is 0.442 e. The van der Waals surface area contributed by atoms with Gasteiger partial charge in [0, 0.05) is 0 Å². The fourth-order valence-corrected chi connectivity index (χ4v) is 5.83. The van der Waals surface area contributed by atoms with Gasteiger partial charge in [-0.3, -0.25) is 9.59 Å². The first-order valence-corrected chi connectivity index (χ1v) is 9.19. The summed E-state index contributed by atoms with van der Waals surface area (Å²) in [5.74, 6) is 0.487. The minimum Gasteiger partial charge on any atom is -0.442 e. The van der Waals surface area contributed by atoms with Crippen molar-refractivity contribution < 1.29 is 14.6 Å². The van der Waals surface area contributed by atoms with Crippen LogP contribution in [0.25, 0.3) is 10.9 Å². The maximum Gasteiger partial charge on any atom is 0.313 e. The lowest BCUT2D eigenvalue weighted by Gasteiger charge is -2.58. The van der Waals surface area contributed by atoms with Crippen molar-refractivity contribution in [1.82, 2.24) is 15.0 Å². The van der Waals surface area contributed by atoms with Gasteiger partial charge >= 0.3 is 5.97 Å². The van der Waals surface area contributed by atoms with Crippen LogP contribution in [-0.4, -0.2) is 31.7 Å². The van der Waals surface area contributed by atoms with Crippen LogP contribution in [-0.2, 0) is 16.3 Å². The molecule has 4 fully saturated rings. The predicted molar refractivity (Wildman–Crippen MR) is 92.0 cm³/mol. The molecule has 26 heavy (non-hydrogen) atoms. The van der Waals surface area contributed by atoms with Crippen LogP contribution < -0.4 is 5.56 Å². The van der Waals surface area contributed by atoms with Crippen molar-refractivity contribution in [2.24, 2.45) is 17.3 Å². The van der Waals surface area contributed by atoms with Crippen LogP contribution in [0.1, 0.15) is 38.5 Å². The van der Waals surface area contributed by atoms with Crippen LogP contribution in [0, 0.1) is 17.3 Å². The number of benzene rings is 1. The molecule has 4 atom stereocenters. The number of esters is 1. The summed E-state index contributed by atoms with van der Waals surface area (Å²) in [4.78, 5) is 25.4. The van der Waals surface area contributed by atoms with Gasteiger partial charge in [-0.15, -0.1) is 5.10 Å². The van der Waals surface area contributed by atoms with Crippen LogP contribution in [0.2, 0.25) is 0 Å². The molecule has 2 aromatic rings. The highest BCUT2D eigenvalue weighted by atomic mass is 16.5. The molecule has 2 unspecified atom stereocenters. The van der Waals surface area contributed by atoms with E-state index in [1.807, 2.05) is 0 Å². The normalized spacial score (nSPS) is 35.0. The third-order valence-corrected chi connectivity index (χ3v) is 6.41. The lowest BCUT2D eigenvalue weighted by atomic mass is 9.48. The number of aliphatic hydroxyl groups is 1. The molecular formula is C19H21N3O4. The number of nitrogens with zero attached hydrogens (tertiary/aromatic N) is 3. The molecule has 0 amide bonds. The molecule has 4 bridgehead atoms. The Morgan fingerprint density at radius 2 is 1.96 bits per heavy atom. The zero-order valence-corrected chi connectivity index (χ0v) is 14.4. The zero-order valence-electron chi connectivity index (χ0n) is 14.4. The molecule has 1 aromatic heterocycles. The van der Waals surface area contributed by atoms with Crippen LogP contribution >= 0.6 is 0 Å². The van der Waals surface area contributed by atoms with E-state index in [1.165, 1.54) is 0 Å². The van der Waals surface area contributed by atoms with Crippen LogP contribution in [0.4, 0.5) is 0 Å². The number of rotatable bonds is 3. The van der Waals surface area contributed by atoms with Gasteiger partial charge < -0.3 is 9.84 Å². The zero-order chi connectivity index (χ0) is 17.9. The van der Waals surface area contributed by atoms with E-state index in [9.17, 15) is 14.7 Å². The van der Waals surface area contributed by atoms with E-state index >= 15 is 0 Å². The summed E-state index contributed by atoms with van der Waals surface area (Å²) in [5.41, 5.74) is -1.13. The summed E-state index contributed by atoms with van der Waals surface area (Å²) in [6, 6.07) is 6.95. The number of hydrogen-bond donors (Lipinski definition) is 1. The number of fused-ring (bicyclic) bond motifs is 1. The third kappa shape index (κ3) is 2.37. The SMILES string of the molecule is O=C(OCn1nnc2ccccc2c1=O)C12C[C@@H]3C[C@@H](CC(O)(C3)C1)C2. The van der Waals surface area contributed by atoms with Crippen molar-refractivity contribution >= 4 is 16.9 Å². The van der Waals surface area contributed by atoms with Crippen molar-refractivity contribution in [3.05, 3.63) is 34.6 Å². The smallest absolute Gasteiger partial charge is 0.313 e. The molecule has 4 saturated carbocycles.